The van der Waals surface area contributed by atoms with Crippen LogP contribution in [-0.2, 0) is 0 Å². The van der Waals surface area contributed by atoms with E-state index < -0.39 is 12.2 Å². The lowest BCUT2D eigenvalue weighted by atomic mass is 10.2. The molecule has 7 heteroatoms. The van der Waals surface area contributed by atoms with Gasteiger partial charge < -0.3 is 10.6 Å². The Balaban J connectivity index is 1.45. The predicted octanol–water partition coefficient (Wildman–Crippen LogP) is 4.64. The highest BCUT2D eigenvalue weighted by Gasteiger charge is 2.14. The molecule has 27 heavy (non-hydrogen) atoms. The number of benzene rings is 2. The second kappa shape index (κ2) is 7.49. The van der Waals surface area contributed by atoms with Crippen molar-refractivity contribution in [2.75, 3.05) is 23.7 Å². The molecule has 0 aliphatic heterocycles. The first kappa shape index (κ1) is 17.1. The fourth-order valence-electron chi connectivity index (χ4n) is 2.86. The number of hydrogen-bond acceptors (Lipinski definition) is 5. The molecule has 2 aromatic carbocycles. The van der Waals surface area contributed by atoms with E-state index in [1.807, 2.05) is 48.5 Å². The summed E-state index contributed by atoms with van der Waals surface area (Å²) in [7, 11) is 0. The maximum Gasteiger partial charge on any atom is 0.297 e. The van der Waals surface area contributed by atoms with Crippen molar-refractivity contribution < 1.29 is 8.78 Å². The van der Waals surface area contributed by atoms with Crippen LogP contribution in [0, 0.1) is 0 Å². The molecule has 0 atom stereocenters. The van der Waals surface area contributed by atoms with Gasteiger partial charge in [-0.05, 0) is 30.3 Å². The van der Waals surface area contributed by atoms with E-state index in [-0.39, 0.29) is 0 Å². The maximum absolute atomic E-state index is 13.0. The van der Waals surface area contributed by atoms with Crippen LogP contribution in [0.25, 0.3) is 21.8 Å². The number of anilines is 2. The van der Waals surface area contributed by atoms with Crippen LogP contribution in [0.15, 0.2) is 60.7 Å². The van der Waals surface area contributed by atoms with E-state index in [0.717, 1.165) is 16.7 Å². The Hall–Kier alpha value is -3.35. The largest absolute Gasteiger partial charge is 0.368 e. The first-order chi connectivity index (χ1) is 13.2. The highest BCUT2D eigenvalue weighted by atomic mass is 19.3. The van der Waals surface area contributed by atoms with Gasteiger partial charge in [-0.1, -0.05) is 30.3 Å². The maximum atomic E-state index is 13.0. The highest BCUT2D eigenvalue weighted by molar-refractivity contribution is 5.89. The Morgan fingerprint density at radius 2 is 1.48 bits per heavy atom. The molecule has 2 aromatic heterocycles. The summed E-state index contributed by atoms with van der Waals surface area (Å²) in [5, 5.41) is 8.13. The third-order valence-corrected chi connectivity index (χ3v) is 4.14. The quantitative estimate of drug-likeness (QED) is 0.488. The van der Waals surface area contributed by atoms with E-state index in [1.165, 1.54) is 0 Å². The molecule has 0 fully saturated rings. The van der Waals surface area contributed by atoms with Gasteiger partial charge in [0.15, 0.2) is 5.82 Å². The van der Waals surface area contributed by atoms with Crippen LogP contribution in [0.4, 0.5) is 20.4 Å². The number of pyridine rings is 1. The molecule has 2 heterocycles. The number of halogens is 2. The van der Waals surface area contributed by atoms with Gasteiger partial charge in [0, 0.05) is 23.9 Å². The molecule has 0 amide bonds. The van der Waals surface area contributed by atoms with Crippen molar-refractivity contribution in [3.05, 3.63) is 66.5 Å². The minimum absolute atomic E-state index is 0.407. The molecule has 0 aliphatic carbocycles. The summed E-state index contributed by atoms with van der Waals surface area (Å²) in [5.74, 6) is 0.695. The van der Waals surface area contributed by atoms with Gasteiger partial charge in [-0.2, -0.15) is 0 Å². The highest BCUT2D eigenvalue weighted by Crippen LogP contribution is 2.24. The van der Waals surface area contributed by atoms with E-state index in [0.29, 0.717) is 29.8 Å². The third kappa shape index (κ3) is 3.76. The normalized spacial score (nSPS) is 11.2. The van der Waals surface area contributed by atoms with Crippen LogP contribution >= 0.6 is 0 Å². The summed E-state index contributed by atoms with van der Waals surface area (Å²) >= 11 is 0. The topological polar surface area (TPSA) is 62.7 Å². The Bertz CT molecular complexity index is 1080. The van der Waals surface area contributed by atoms with Gasteiger partial charge in [-0.15, -0.1) is 0 Å². The van der Waals surface area contributed by atoms with E-state index >= 15 is 0 Å². The summed E-state index contributed by atoms with van der Waals surface area (Å²) in [5.41, 5.74) is 1.41. The van der Waals surface area contributed by atoms with Crippen LogP contribution in [0.3, 0.4) is 0 Å². The lowest BCUT2D eigenvalue weighted by molar-refractivity contribution is 0.141. The summed E-state index contributed by atoms with van der Waals surface area (Å²) in [4.78, 5) is 12.4. The van der Waals surface area contributed by atoms with Gasteiger partial charge in [-0.25, -0.2) is 23.7 Å². The Kier molecular flexibility index (Phi) is 4.74. The fourth-order valence-corrected chi connectivity index (χ4v) is 2.86. The lowest BCUT2D eigenvalue weighted by Gasteiger charge is -2.11. The Labute approximate surface area is 154 Å². The second-order valence-electron chi connectivity index (χ2n) is 5.99. The SMILES string of the molecule is FC(F)c1nc(NCCNc2ccc3ccccc3n2)c2ccccc2n1. The number of fused-ring (bicyclic) bond motifs is 2. The Morgan fingerprint density at radius 3 is 2.33 bits per heavy atom. The zero-order chi connectivity index (χ0) is 18.6. The van der Waals surface area contributed by atoms with Gasteiger partial charge in [0.1, 0.15) is 11.6 Å². The number of hydrogen-bond donors (Lipinski definition) is 2. The Morgan fingerprint density at radius 1 is 0.741 bits per heavy atom. The molecule has 0 saturated carbocycles. The molecular formula is C20H17F2N5. The molecule has 0 saturated heterocycles. The van der Waals surface area contributed by atoms with Crippen LogP contribution in [0.5, 0.6) is 0 Å². The molecule has 0 bridgehead atoms. The van der Waals surface area contributed by atoms with Crippen molar-refractivity contribution in [2.24, 2.45) is 0 Å². The molecular weight excluding hydrogens is 348 g/mol. The van der Waals surface area contributed by atoms with Crippen LogP contribution < -0.4 is 10.6 Å². The summed E-state index contributed by atoms with van der Waals surface area (Å²) in [6.45, 7) is 1.06. The van der Waals surface area contributed by atoms with Crippen molar-refractivity contribution in [3.8, 4) is 0 Å². The van der Waals surface area contributed by atoms with Gasteiger partial charge in [0.05, 0.1) is 11.0 Å². The van der Waals surface area contributed by atoms with E-state index in [9.17, 15) is 8.78 Å². The predicted molar refractivity (Wildman–Crippen MR) is 103 cm³/mol. The number of nitrogens with zero attached hydrogens (tertiary/aromatic N) is 3. The minimum atomic E-state index is -2.71. The van der Waals surface area contributed by atoms with Crippen molar-refractivity contribution >= 4 is 33.4 Å². The van der Waals surface area contributed by atoms with Crippen LogP contribution in [0.2, 0.25) is 0 Å². The summed E-state index contributed by atoms with van der Waals surface area (Å²) < 4.78 is 26.1. The number of rotatable bonds is 6. The summed E-state index contributed by atoms with van der Waals surface area (Å²) in [6, 6.07) is 18.9. The van der Waals surface area contributed by atoms with Crippen molar-refractivity contribution in [2.45, 2.75) is 6.43 Å². The standard InChI is InChI=1S/C20H17F2N5/c21-18(22)20-26-16-8-4-2-6-14(16)19(27-20)24-12-11-23-17-10-9-13-5-1-3-7-15(13)25-17/h1-10,18H,11-12H2,(H,23,25)(H,24,26,27). The van der Waals surface area contributed by atoms with Gasteiger partial charge in [0.25, 0.3) is 6.43 Å². The molecule has 0 spiro atoms. The smallest absolute Gasteiger partial charge is 0.297 e. The first-order valence-electron chi connectivity index (χ1n) is 8.59. The molecule has 0 aliphatic rings. The second-order valence-corrected chi connectivity index (χ2v) is 5.99. The molecule has 136 valence electrons. The molecule has 4 rings (SSSR count). The van der Waals surface area contributed by atoms with Crippen LogP contribution in [-0.4, -0.2) is 28.0 Å². The minimum Gasteiger partial charge on any atom is -0.368 e. The van der Waals surface area contributed by atoms with Gasteiger partial charge in [-0.3, -0.25) is 0 Å². The van der Waals surface area contributed by atoms with Crippen molar-refractivity contribution in [3.63, 3.8) is 0 Å². The molecule has 5 nitrogen and oxygen atoms in total. The lowest BCUT2D eigenvalue weighted by Crippen LogP contribution is -2.16. The van der Waals surface area contributed by atoms with Crippen molar-refractivity contribution in [1.82, 2.24) is 15.0 Å². The zero-order valence-corrected chi connectivity index (χ0v) is 14.4. The fraction of sp³-hybridized carbons (Fsp3) is 0.150. The van der Waals surface area contributed by atoms with Crippen LogP contribution in [0.1, 0.15) is 12.2 Å². The number of para-hydroxylation sites is 2. The zero-order valence-electron chi connectivity index (χ0n) is 14.4. The molecule has 4 aromatic rings. The van der Waals surface area contributed by atoms with E-state index in [1.54, 1.807) is 12.1 Å². The summed E-state index contributed by atoms with van der Waals surface area (Å²) in [6.07, 6.45) is -2.71. The van der Waals surface area contributed by atoms with Gasteiger partial charge >= 0.3 is 0 Å². The molecule has 0 radical (unpaired) electrons. The molecule has 2 N–H and O–H groups in total. The monoisotopic (exact) mass is 365 g/mol. The average molecular weight is 365 g/mol. The average Bonchev–Trinajstić information content (AvgIpc) is 2.70. The van der Waals surface area contributed by atoms with E-state index in [4.69, 9.17) is 0 Å². The van der Waals surface area contributed by atoms with Crippen molar-refractivity contribution in [1.29, 1.82) is 0 Å². The third-order valence-electron chi connectivity index (χ3n) is 4.14. The van der Waals surface area contributed by atoms with E-state index in [2.05, 4.69) is 25.6 Å². The number of alkyl halides is 2. The number of aromatic nitrogens is 3. The molecule has 0 unspecified atom stereocenters. The first-order valence-corrected chi connectivity index (χ1v) is 8.59. The number of nitrogens with one attached hydrogen (secondary N) is 2. The van der Waals surface area contributed by atoms with Gasteiger partial charge in [0.2, 0.25) is 0 Å².